The lowest BCUT2D eigenvalue weighted by atomic mass is 10.1. The molecule has 3 N–H and O–H groups in total. The number of nitrogens with two attached hydrogens (primary N) is 1. The van der Waals surface area contributed by atoms with E-state index < -0.39 is 0 Å². The molecule has 1 fully saturated rings. The Morgan fingerprint density at radius 3 is 2.55 bits per heavy atom. The van der Waals surface area contributed by atoms with Crippen LogP contribution in [-0.4, -0.2) is 29.0 Å². The van der Waals surface area contributed by atoms with Crippen molar-refractivity contribution in [3.63, 3.8) is 0 Å². The molecule has 0 radical (unpaired) electrons. The van der Waals surface area contributed by atoms with Crippen LogP contribution in [0.4, 0.5) is 26.4 Å². The summed E-state index contributed by atoms with van der Waals surface area (Å²) in [4.78, 5) is 21.7. The number of carbonyl (C=O) groups is 1. The minimum Gasteiger partial charge on any atom is -0.396 e. The molecule has 5 rings (SSSR count). The Kier molecular flexibility index (Phi) is 4.94. The third-order valence-corrected chi connectivity index (χ3v) is 5.98. The minimum atomic E-state index is -0.311. The third-order valence-electron chi connectivity index (χ3n) is 5.98. The van der Waals surface area contributed by atoms with Crippen LogP contribution in [0.3, 0.4) is 0 Å². The van der Waals surface area contributed by atoms with Crippen molar-refractivity contribution in [3.05, 3.63) is 71.5 Å². The van der Waals surface area contributed by atoms with Gasteiger partial charge >= 0.3 is 6.03 Å². The van der Waals surface area contributed by atoms with Crippen LogP contribution < -0.4 is 16.0 Å². The Balaban J connectivity index is 1.34. The van der Waals surface area contributed by atoms with Gasteiger partial charge in [-0.2, -0.15) is 0 Å². The first kappa shape index (κ1) is 19.4. The van der Waals surface area contributed by atoms with E-state index in [-0.39, 0.29) is 11.8 Å². The SMILES string of the molecule is Nc1ccc(-c2ccc(F)cc2)nc1NC(=O)N1Cc2cccc(N3CCCC3)c2C1. The second kappa shape index (κ2) is 7.91. The van der Waals surface area contributed by atoms with Crippen molar-refractivity contribution >= 4 is 23.2 Å². The Hall–Kier alpha value is -3.61. The number of nitrogens with zero attached hydrogens (tertiary/aromatic N) is 3. The molecular weight excluding hydrogens is 393 g/mol. The molecule has 2 amide bonds. The average Bonchev–Trinajstić information content (AvgIpc) is 3.46. The lowest BCUT2D eigenvalue weighted by molar-refractivity contribution is 0.212. The standard InChI is InChI=1S/C24H24FN5O/c25-18-8-6-16(7-9-18)21-11-10-20(26)23(27-21)28-24(31)30-14-17-4-3-5-22(19(17)15-30)29-12-1-2-13-29/h3-11H,1-2,12-15,26H2,(H,27,28,31). The number of aromatic nitrogens is 1. The van der Waals surface area contributed by atoms with Crippen LogP contribution in [-0.2, 0) is 13.1 Å². The molecule has 0 saturated carbocycles. The van der Waals surface area contributed by atoms with Crippen molar-refractivity contribution in [1.29, 1.82) is 0 Å². The highest BCUT2D eigenvalue weighted by atomic mass is 19.1. The molecule has 2 aliphatic heterocycles. The van der Waals surface area contributed by atoms with E-state index in [1.807, 2.05) is 0 Å². The van der Waals surface area contributed by atoms with E-state index in [2.05, 4.69) is 33.4 Å². The number of pyridine rings is 1. The summed E-state index contributed by atoms with van der Waals surface area (Å²) < 4.78 is 13.2. The predicted molar refractivity (Wildman–Crippen MR) is 120 cm³/mol. The monoisotopic (exact) mass is 417 g/mol. The molecule has 3 aromatic rings. The quantitative estimate of drug-likeness (QED) is 0.652. The van der Waals surface area contributed by atoms with E-state index in [1.54, 1.807) is 29.2 Å². The number of benzene rings is 2. The molecule has 0 unspecified atom stereocenters. The number of halogens is 1. The van der Waals surface area contributed by atoms with Gasteiger partial charge in [-0.3, -0.25) is 5.32 Å². The van der Waals surface area contributed by atoms with Crippen LogP contribution in [0.25, 0.3) is 11.3 Å². The van der Waals surface area contributed by atoms with Gasteiger partial charge in [0.2, 0.25) is 0 Å². The summed E-state index contributed by atoms with van der Waals surface area (Å²) in [6.07, 6.45) is 2.42. The summed E-state index contributed by atoms with van der Waals surface area (Å²) in [6, 6.07) is 15.6. The van der Waals surface area contributed by atoms with Crippen LogP contribution in [0.5, 0.6) is 0 Å². The lowest BCUT2D eigenvalue weighted by Gasteiger charge is -2.21. The topological polar surface area (TPSA) is 74.5 Å². The molecule has 2 aliphatic rings. The van der Waals surface area contributed by atoms with Crippen molar-refractivity contribution in [2.45, 2.75) is 25.9 Å². The molecular formula is C24H24FN5O. The van der Waals surface area contributed by atoms with Gasteiger partial charge in [0.05, 0.1) is 17.9 Å². The van der Waals surface area contributed by atoms with Crippen molar-refractivity contribution in [3.8, 4) is 11.3 Å². The van der Waals surface area contributed by atoms with E-state index in [0.717, 1.165) is 18.7 Å². The largest absolute Gasteiger partial charge is 0.396 e. The molecule has 7 heteroatoms. The highest BCUT2D eigenvalue weighted by molar-refractivity contribution is 5.92. The van der Waals surface area contributed by atoms with Crippen LogP contribution in [0.2, 0.25) is 0 Å². The van der Waals surface area contributed by atoms with Gasteiger partial charge in [0.1, 0.15) is 5.82 Å². The zero-order chi connectivity index (χ0) is 21.4. The summed E-state index contributed by atoms with van der Waals surface area (Å²) in [5.41, 5.74) is 11.5. The number of urea groups is 1. The first-order valence-corrected chi connectivity index (χ1v) is 10.5. The number of anilines is 3. The summed E-state index contributed by atoms with van der Waals surface area (Å²) in [5.74, 6) is -0.00262. The fraction of sp³-hybridized carbons (Fsp3) is 0.250. The molecule has 0 atom stereocenters. The fourth-order valence-electron chi connectivity index (χ4n) is 4.33. The fourth-order valence-corrected chi connectivity index (χ4v) is 4.33. The van der Waals surface area contributed by atoms with E-state index in [4.69, 9.17) is 5.73 Å². The van der Waals surface area contributed by atoms with Crippen LogP contribution in [0.15, 0.2) is 54.6 Å². The van der Waals surface area contributed by atoms with Gasteiger partial charge in [0, 0.05) is 30.9 Å². The lowest BCUT2D eigenvalue weighted by Crippen LogP contribution is -2.31. The first-order chi connectivity index (χ1) is 15.1. The van der Waals surface area contributed by atoms with Gasteiger partial charge in [-0.1, -0.05) is 12.1 Å². The molecule has 3 heterocycles. The maximum atomic E-state index is 13.2. The van der Waals surface area contributed by atoms with Crippen molar-refractivity contribution in [1.82, 2.24) is 9.88 Å². The minimum absolute atomic E-state index is 0.237. The summed E-state index contributed by atoms with van der Waals surface area (Å²) >= 11 is 0. The van der Waals surface area contributed by atoms with Gasteiger partial charge in [0.25, 0.3) is 0 Å². The number of hydrogen-bond acceptors (Lipinski definition) is 4. The zero-order valence-corrected chi connectivity index (χ0v) is 17.1. The van der Waals surface area contributed by atoms with E-state index in [0.29, 0.717) is 30.3 Å². The van der Waals surface area contributed by atoms with Gasteiger partial charge in [-0.25, -0.2) is 14.2 Å². The van der Waals surface area contributed by atoms with Crippen LogP contribution in [0.1, 0.15) is 24.0 Å². The number of carbonyl (C=O) groups excluding carboxylic acids is 1. The van der Waals surface area contributed by atoms with Crippen molar-refractivity contribution in [2.24, 2.45) is 0 Å². The van der Waals surface area contributed by atoms with Gasteiger partial charge in [-0.05, 0) is 66.4 Å². The van der Waals surface area contributed by atoms with Gasteiger partial charge < -0.3 is 15.5 Å². The second-order valence-electron chi connectivity index (χ2n) is 8.04. The molecule has 0 bridgehead atoms. The Bertz CT molecular complexity index is 1130. The Morgan fingerprint density at radius 2 is 1.77 bits per heavy atom. The molecule has 1 aromatic heterocycles. The first-order valence-electron chi connectivity index (χ1n) is 10.5. The second-order valence-corrected chi connectivity index (χ2v) is 8.04. The number of hydrogen-bond donors (Lipinski definition) is 2. The summed E-state index contributed by atoms with van der Waals surface area (Å²) in [6.45, 7) is 3.25. The number of nitrogens with one attached hydrogen (secondary N) is 1. The molecule has 1 saturated heterocycles. The number of fused-ring (bicyclic) bond motifs is 1. The van der Waals surface area contributed by atoms with Gasteiger partial charge in [0.15, 0.2) is 5.82 Å². The summed E-state index contributed by atoms with van der Waals surface area (Å²) in [7, 11) is 0. The highest BCUT2D eigenvalue weighted by Gasteiger charge is 2.28. The molecule has 0 aliphatic carbocycles. The molecule has 6 nitrogen and oxygen atoms in total. The Morgan fingerprint density at radius 1 is 1.00 bits per heavy atom. The maximum Gasteiger partial charge on any atom is 0.323 e. The van der Waals surface area contributed by atoms with Crippen molar-refractivity contribution in [2.75, 3.05) is 29.0 Å². The van der Waals surface area contributed by atoms with Gasteiger partial charge in [-0.15, -0.1) is 0 Å². The smallest absolute Gasteiger partial charge is 0.323 e. The molecule has 158 valence electrons. The van der Waals surface area contributed by atoms with Crippen LogP contribution in [0, 0.1) is 5.82 Å². The molecule has 0 spiro atoms. The number of nitrogen functional groups attached to an aromatic ring is 1. The normalized spacial score (nSPS) is 15.3. The van der Waals surface area contributed by atoms with Crippen LogP contribution >= 0.6 is 0 Å². The number of amides is 2. The van der Waals surface area contributed by atoms with E-state index in [1.165, 1.54) is 41.8 Å². The van der Waals surface area contributed by atoms with E-state index >= 15 is 0 Å². The number of rotatable bonds is 3. The Labute approximate surface area is 180 Å². The third kappa shape index (κ3) is 3.79. The highest BCUT2D eigenvalue weighted by Crippen LogP contribution is 2.34. The van der Waals surface area contributed by atoms with Crippen molar-refractivity contribution < 1.29 is 9.18 Å². The summed E-state index contributed by atoms with van der Waals surface area (Å²) in [5, 5.41) is 2.86. The average molecular weight is 417 g/mol. The molecule has 31 heavy (non-hydrogen) atoms. The molecule has 2 aromatic carbocycles. The zero-order valence-electron chi connectivity index (χ0n) is 17.1. The predicted octanol–water partition coefficient (Wildman–Crippen LogP) is 4.62. The maximum absolute atomic E-state index is 13.2. The van der Waals surface area contributed by atoms with E-state index in [9.17, 15) is 9.18 Å².